The minimum Gasteiger partial charge on any atom is -0.301 e. The molecular formula is C7H8BrN3O3S. The van der Waals surface area contributed by atoms with E-state index >= 15 is 0 Å². The van der Waals surface area contributed by atoms with Gasteiger partial charge in [-0.15, -0.1) is 0 Å². The maximum atomic E-state index is 11.4. The van der Waals surface area contributed by atoms with Gasteiger partial charge in [0, 0.05) is 0 Å². The van der Waals surface area contributed by atoms with Crippen LogP contribution >= 0.6 is 27.3 Å². The lowest BCUT2D eigenvalue weighted by Gasteiger charge is -2.04. The second kappa shape index (κ2) is 5.17. The predicted octanol–water partition coefficient (Wildman–Crippen LogP) is 2.16. The number of hydrogen-bond acceptors (Lipinski definition) is 5. The Morgan fingerprint density at radius 1 is 1.87 bits per heavy atom. The quantitative estimate of drug-likeness (QED) is 0.524. The van der Waals surface area contributed by atoms with Gasteiger partial charge in [-0.1, -0.05) is 22.9 Å². The summed E-state index contributed by atoms with van der Waals surface area (Å²) in [5.74, 6) is -0.248. The first-order valence-electron chi connectivity index (χ1n) is 4.09. The largest absolute Gasteiger partial charge is 0.345 e. The Balaban J connectivity index is 2.65. The van der Waals surface area contributed by atoms with Gasteiger partial charge in [0.15, 0.2) is 5.13 Å². The molecule has 0 bridgehead atoms. The van der Waals surface area contributed by atoms with E-state index in [1.807, 2.05) is 6.92 Å². The molecule has 1 rings (SSSR count). The average Bonchev–Trinajstić information content (AvgIpc) is 2.65. The van der Waals surface area contributed by atoms with Crippen molar-refractivity contribution in [3.8, 4) is 0 Å². The zero-order chi connectivity index (χ0) is 11.4. The number of aromatic nitrogens is 1. The first kappa shape index (κ1) is 12.1. The molecule has 0 aromatic carbocycles. The second-order valence-electron chi connectivity index (χ2n) is 2.63. The van der Waals surface area contributed by atoms with E-state index in [9.17, 15) is 14.9 Å². The van der Waals surface area contributed by atoms with Gasteiger partial charge in [0.05, 0.1) is 9.75 Å². The molecule has 1 aromatic rings. The lowest BCUT2D eigenvalue weighted by atomic mass is 10.3. The van der Waals surface area contributed by atoms with Crippen molar-refractivity contribution in [1.29, 1.82) is 0 Å². The number of thiazole rings is 1. The number of halogens is 1. The Labute approximate surface area is 98.0 Å². The molecule has 15 heavy (non-hydrogen) atoms. The predicted molar refractivity (Wildman–Crippen MR) is 60.4 cm³/mol. The Morgan fingerprint density at radius 3 is 3.00 bits per heavy atom. The molecule has 0 saturated carbocycles. The number of carbonyl (C=O) groups excluding carboxylic acids is 1. The summed E-state index contributed by atoms with van der Waals surface area (Å²) >= 11 is 4.00. The molecule has 0 aliphatic rings. The zero-order valence-electron chi connectivity index (χ0n) is 7.77. The Bertz CT molecular complexity index is 381. The number of hydrogen-bond donors (Lipinski definition) is 1. The molecule has 8 heteroatoms. The van der Waals surface area contributed by atoms with Crippen LogP contribution in [0, 0.1) is 10.1 Å². The van der Waals surface area contributed by atoms with Crippen molar-refractivity contribution < 1.29 is 9.72 Å². The number of alkyl halides is 1. The molecule has 1 amide bonds. The number of amides is 1. The Hall–Kier alpha value is -1.02. The summed E-state index contributed by atoms with van der Waals surface area (Å²) in [6.45, 7) is 1.85. The van der Waals surface area contributed by atoms with Gasteiger partial charge in [-0.05, 0) is 17.8 Å². The SMILES string of the molecule is CCC(Br)C(=O)Nc1ncc([N+](=O)[O-])s1. The summed E-state index contributed by atoms with van der Waals surface area (Å²) in [6, 6.07) is 0. The summed E-state index contributed by atoms with van der Waals surface area (Å²) in [5.41, 5.74) is 0. The van der Waals surface area contributed by atoms with E-state index < -0.39 is 4.92 Å². The van der Waals surface area contributed by atoms with Crippen molar-refractivity contribution in [1.82, 2.24) is 4.98 Å². The molecule has 1 atom stereocenters. The van der Waals surface area contributed by atoms with Gasteiger partial charge in [0.1, 0.15) is 6.20 Å². The summed E-state index contributed by atoms with van der Waals surface area (Å²) in [4.78, 5) is 24.6. The molecule has 0 saturated heterocycles. The molecule has 6 nitrogen and oxygen atoms in total. The van der Waals surface area contributed by atoms with Crippen molar-refractivity contribution in [3.05, 3.63) is 16.3 Å². The molecule has 1 N–H and O–H groups in total. The third-order valence-electron chi connectivity index (χ3n) is 1.55. The van der Waals surface area contributed by atoms with Crippen LogP contribution in [-0.4, -0.2) is 20.6 Å². The molecular weight excluding hydrogens is 286 g/mol. The summed E-state index contributed by atoms with van der Waals surface area (Å²) in [7, 11) is 0. The normalized spacial score (nSPS) is 12.1. The van der Waals surface area contributed by atoms with Crippen molar-refractivity contribution in [2.24, 2.45) is 0 Å². The van der Waals surface area contributed by atoms with Crippen LogP contribution < -0.4 is 5.32 Å². The van der Waals surface area contributed by atoms with Crippen LogP contribution in [0.1, 0.15) is 13.3 Å². The maximum Gasteiger partial charge on any atom is 0.345 e. The van der Waals surface area contributed by atoms with Crippen molar-refractivity contribution in [2.75, 3.05) is 5.32 Å². The Morgan fingerprint density at radius 2 is 2.53 bits per heavy atom. The van der Waals surface area contributed by atoms with Crippen LogP contribution in [0.25, 0.3) is 0 Å². The van der Waals surface area contributed by atoms with Gasteiger partial charge in [0.2, 0.25) is 5.91 Å². The van der Waals surface area contributed by atoms with Crippen LogP contribution in [0.4, 0.5) is 10.1 Å². The molecule has 1 unspecified atom stereocenters. The van der Waals surface area contributed by atoms with Gasteiger partial charge >= 0.3 is 5.00 Å². The lowest BCUT2D eigenvalue weighted by Crippen LogP contribution is -2.21. The number of carbonyl (C=O) groups is 1. The van der Waals surface area contributed by atoms with E-state index in [4.69, 9.17) is 0 Å². The monoisotopic (exact) mass is 293 g/mol. The first-order chi connectivity index (χ1) is 7.04. The highest BCUT2D eigenvalue weighted by Crippen LogP contribution is 2.25. The van der Waals surface area contributed by atoms with Crippen LogP contribution in [0.5, 0.6) is 0 Å². The smallest absolute Gasteiger partial charge is 0.301 e. The molecule has 0 radical (unpaired) electrons. The number of nitrogens with zero attached hydrogens (tertiary/aromatic N) is 2. The lowest BCUT2D eigenvalue weighted by molar-refractivity contribution is -0.380. The van der Waals surface area contributed by atoms with Gasteiger partial charge in [-0.2, -0.15) is 0 Å². The van der Waals surface area contributed by atoms with Gasteiger partial charge in [0.25, 0.3) is 0 Å². The van der Waals surface area contributed by atoms with Crippen LogP contribution in [-0.2, 0) is 4.79 Å². The number of rotatable bonds is 4. The van der Waals surface area contributed by atoms with Crippen molar-refractivity contribution in [3.63, 3.8) is 0 Å². The third-order valence-corrected chi connectivity index (χ3v) is 3.47. The maximum absolute atomic E-state index is 11.4. The first-order valence-corrected chi connectivity index (χ1v) is 5.83. The standard InChI is InChI=1S/C7H8BrN3O3S/c1-2-4(8)6(12)10-7-9-3-5(15-7)11(13)14/h3-4H,2H2,1H3,(H,9,10,12). The van der Waals surface area contributed by atoms with Crippen LogP contribution in [0.3, 0.4) is 0 Å². The molecule has 1 heterocycles. The summed E-state index contributed by atoms with van der Waals surface area (Å²) < 4.78 is 0. The second-order valence-corrected chi connectivity index (χ2v) is 4.74. The molecule has 0 aliphatic carbocycles. The van der Waals surface area contributed by atoms with Gasteiger partial charge < -0.3 is 5.32 Å². The fourth-order valence-electron chi connectivity index (χ4n) is 0.777. The average molecular weight is 294 g/mol. The van der Waals surface area contributed by atoms with Gasteiger partial charge in [-0.25, -0.2) is 4.98 Å². The topological polar surface area (TPSA) is 85.1 Å². The molecule has 0 fully saturated rings. The molecule has 82 valence electrons. The molecule has 0 spiro atoms. The molecule has 0 aliphatic heterocycles. The summed E-state index contributed by atoms with van der Waals surface area (Å²) in [5, 5.41) is 13.0. The van der Waals surface area contributed by atoms with Crippen LogP contribution in [0.15, 0.2) is 6.20 Å². The fraction of sp³-hybridized carbons (Fsp3) is 0.429. The van der Waals surface area contributed by atoms with E-state index in [0.717, 1.165) is 17.5 Å². The fourth-order valence-corrected chi connectivity index (χ4v) is 1.53. The zero-order valence-corrected chi connectivity index (χ0v) is 10.2. The van der Waals surface area contributed by atoms with E-state index in [0.29, 0.717) is 6.42 Å². The van der Waals surface area contributed by atoms with E-state index in [2.05, 4.69) is 26.2 Å². The number of nitrogens with one attached hydrogen (secondary N) is 1. The van der Waals surface area contributed by atoms with Crippen LogP contribution in [0.2, 0.25) is 0 Å². The number of nitro groups is 1. The van der Waals surface area contributed by atoms with Gasteiger partial charge in [-0.3, -0.25) is 14.9 Å². The highest BCUT2D eigenvalue weighted by Gasteiger charge is 2.16. The number of anilines is 1. The van der Waals surface area contributed by atoms with Crippen molar-refractivity contribution >= 4 is 43.3 Å². The molecule has 1 aromatic heterocycles. The van der Waals surface area contributed by atoms with Crippen molar-refractivity contribution in [2.45, 2.75) is 18.2 Å². The van der Waals surface area contributed by atoms with E-state index in [-0.39, 0.29) is 20.9 Å². The van der Waals surface area contributed by atoms with E-state index in [1.165, 1.54) is 0 Å². The van der Waals surface area contributed by atoms with E-state index in [1.54, 1.807) is 0 Å². The minimum absolute atomic E-state index is 0.0899. The highest BCUT2D eigenvalue weighted by atomic mass is 79.9. The third kappa shape index (κ3) is 3.24. The summed E-state index contributed by atoms with van der Waals surface area (Å²) in [6.07, 6.45) is 1.76. The Kier molecular flexibility index (Phi) is 4.15. The highest BCUT2D eigenvalue weighted by molar-refractivity contribution is 9.10. The minimum atomic E-state index is -0.543.